The van der Waals surface area contributed by atoms with Gasteiger partial charge in [-0.25, -0.2) is 4.79 Å². The Morgan fingerprint density at radius 1 is 0.957 bits per heavy atom. The molecule has 1 unspecified atom stereocenters. The summed E-state index contributed by atoms with van der Waals surface area (Å²) in [5.41, 5.74) is 0. The van der Waals surface area contributed by atoms with E-state index in [0.717, 1.165) is 6.42 Å². The third-order valence-electron chi connectivity index (χ3n) is 4.59. The number of rotatable bonds is 16. The van der Waals surface area contributed by atoms with Crippen LogP contribution in [0.15, 0.2) is 0 Å². The molecular weight excluding hydrogens is 298 g/mol. The molecule has 0 aliphatic heterocycles. The second-order valence-electron chi connectivity index (χ2n) is 6.23. The molecule has 0 aromatic carbocycles. The van der Waals surface area contributed by atoms with E-state index < -0.39 is 12.0 Å². The van der Waals surface area contributed by atoms with Gasteiger partial charge in [-0.15, -0.1) is 0 Å². The fourth-order valence-electron chi connectivity index (χ4n) is 2.88. The zero-order chi connectivity index (χ0) is 17.6. The molecule has 0 aliphatic carbocycles. The minimum Gasteiger partial charge on any atom is -0.477 e. The van der Waals surface area contributed by atoms with Crippen molar-refractivity contribution in [3.63, 3.8) is 0 Å². The Morgan fingerprint density at radius 3 is 2.04 bits per heavy atom. The first kappa shape index (κ1) is 22.3. The summed E-state index contributed by atoms with van der Waals surface area (Å²) in [4.78, 5) is 11.3. The quantitative estimate of drug-likeness (QED) is 0.295. The molecule has 0 radical (unpaired) electrons. The first-order valence-corrected chi connectivity index (χ1v) is 8.92. The number of nitrogens with zero attached hydrogens (tertiary/aromatic N) is 1. The number of aliphatic carboxylic acids is 1. The Labute approximate surface area is 140 Å². The van der Waals surface area contributed by atoms with Crippen LogP contribution in [-0.2, 0) is 9.53 Å². The van der Waals surface area contributed by atoms with Crippen molar-refractivity contribution >= 4 is 5.97 Å². The Balaban J connectivity index is 4.16. The molecule has 6 heteroatoms. The summed E-state index contributed by atoms with van der Waals surface area (Å²) in [7, 11) is 0. The third-order valence-corrected chi connectivity index (χ3v) is 4.59. The fraction of sp³-hybridized carbons (Fsp3) is 0.941. The van der Waals surface area contributed by atoms with Gasteiger partial charge in [0.15, 0.2) is 6.04 Å². The molecule has 1 atom stereocenters. The summed E-state index contributed by atoms with van der Waals surface area (Å²) in [6, 6.07) is -0.674. The van der Waals surface area contributed by atoms with Crippen LogP contribution in [0, 0.1) is 0 Å². The standard InChI is InChI=1S/C17H35NO5/c1-3-4-5-6-7-8-14-23-15-11-18(9-12-19,10-13-20)16(2)17(21)22/h16,19-20H,3-15H2,1-2H3/p+1. The van der Waals surface area contributed by atoms with Crippen LogP contribution >= 0.6 is 0 Å². The Bertz CT molecular complexity index is 293. The number of carboxylic acid groups (broad SMARTS) is 1. The summed E-state index contributed by atoms with van der Waals surface area (Å²) in [6.07, 6.45) is 7.24. The molecule has 0 aliphatic rings. The highest BCUT2D eigenvalue weighted by Crippen LogP contribution is 2.14. The lowest BCUT2D eigenvalue weighted by Crippen LogP contribution is -2.61. The van der Waals surface area contributed by atoms with Gasteiger partial charge in [0.2, 0.25) is 0 Å². The minimum absolute atomic E-state index is 0.102. The van der Waals surface area contributed by atoms with Crippen LogP contribution in [0.1, 0.15) is 52.4 Å². The molecule has 0 rings (SSSR count). The fourth-order valence-corrected chi connectivity index (χ4v) is 2.88. The number of aliphatic hydroxyl groups is 2. The van der Waals surface area contributed by atoms with E-state index in [-0.39, 0.29) is 17.7 Å². The zero-order valence-corrected chi connectivity index (χ0v) is 14.9. The maximum Gasteiger partial charge on any atom is 0.362 e. The number of quaternary nitrogens is 1. The molecule has 0 bridgehead atoms. The van der Waals surface area contributed by atoms with E-state index in [9.17, 15) is 20.1 Å². The average Bonchev–Trinajstić information content (AvgIpc) is 2.52. The maximum atomic E-state index is 11.3. The van der Waals surface area contributed by atoms with E-state index in [1.54, 1.807) is 6.92 Å². The number of aliphatic hydroxyl groups excluding tert-OH is 2. The first-order chi connectivity index (χ1) is 11.0. The highest BCUT2D eigenvalue weighted by molar-refractivity contribution is 5.71. The zero-order valence-electron chi connectivity index (χ0n) is 14.9. The topological polar surface area (TPSA) is 87.0 Å². The molecule has 0 aromatic rings. The van der Waals surface area contributed by atoms with Crippen molar-refractivity contribution in [2.75, 3.05) is 46.1 Å². The van der Waals surface area contributed by atoms with Gasteiger partial charge in [0.25, 0.3) is 0 Å². The first-order valence-electron chi connectivity index (χ1n) is 8.92. The van der Waals surface area contributed by atoms with Crippen LogP contribution in [0.25, 0.3) is 0 Å². The number of ether oxygens (including phenoxy) is 1. The van der Waals surface area contributed by atoms with Crippen LogP contribution in [-0.4, -0.2) is 77.9 Å². The van der Waals surface area contributed by atoms with Crippen LogP contribution in [0.4, 0.5) is 0 Å². The van der Waals surface area contributed by atoms with Gasteiger partial charge in [0.05, 0.1) is 19.8 Å². The highest BCUT2D eigenvalue weighted by Gasteiger charge is 2.37. The molecule has 0 spiro atoms. The number of unbranched alkanes of at least 4 members (excludes halogenated alkanes) is 5. The number of hydrogen-bond acceptors (Lipinski definition) is 4. The average molecular weight is 334 g/mol. The van der Waals surface area contributed by atoms with Gasteiger partial charge in [0.1, 0.15) is 19.6 Å². The predicted molar refractivity (Wildman–Crippen MR) is 90.3 cm³/mol. The number of carbonyl (C=O) groups is 1. The van der Waals surface area contributed by atoms with Crippen molar-refractivity contribution in [1.82, 2.24) is 0 Å². The second kappa shape index (κ2) is 13.7. The number of carboxylic acids is 1. The molecule has 0 amide bonds. The van der Waals surface area contributed by atoms with E-state index in [1.165, 1.54) is 32.1 Å². The molecule has 0 saturated heterocycles. The Morgan fingerprint density at radius 2 is 1.52 bits per heavy atom. The SMILES string of the molecule is CCCCCCCCOCC[N+](CCO)(CCO)C(C)C(=O)O. The van der Waals surface area contributed by atoms with Crippen LogP contribution in [0.2, 0.25) is 0 Å². The molecule has 0 fully saturated rings. The van der Waals surface area contributed by atoms with Gasteiger partial charge in [-0.05, 0) is 13.3 Å². The van der Waals surface area contributed by atoms with Crippen LogP contribution in [0.3, 0.4) is 0 Å². The Kier molecular flexibility index (Phi) is 13.3. The molecule has 3 N–H and O–H groups in total. The summed E-state index contributed by atoms with van der Waals surface area (Å²) < 4.78 is 5.80. The highest BCUT2D eigenvalue weighted by atomic mass is 16.5. The smallest absolute Gasteiger partial charge is 0.362 e. The van der Waals surface area contributed by atoms with Crippen molar-refractivity contribution in [1.29, 1.82) is 0 Å². The van der Waals surface area contributed by atoms with Crippen molar-refractivity contribution in [2.24, 2.45) is 0 Å². The summed E-state index contributed by atoms with van der Waals surface area (Å²) in [5.74, 6) is -0.914. The molecule has 0 saturated carbocycles. The summed E-state index contributed by atoms with van der Waals surface area (Å²) >= 11 is 0. The largest absolute Gasteiger partial charge is 0.477 e. The van der Waals surface area contributed by atoms with E-state index >= 15 is 0 Å². The van der Waals surface area contributed by atoms with Crippen LogP contribution in [0.5, 0.6) is 0 Å². The van der Waals surface area contributed by atoms with Gasteiger partial charge in [-0.1, -0.05) is 39.0 Å². The van der Waals surface area contributed by atoms with Crippen molar-refractivity contribution in [3.05, 3.63) is 0 Å². The van der Waals surface area contributed by atoms with Gasteiger partial charge in [0, 0.05) is 6.61 Å². The van der Waals surface area contributed by atoms with Crippen molar-refractivity contribution in [2.45, 2.75) is 58.4 Å². The van der Waals surface area contributed by atoms with E-state index in [1.807, 2.05) is 0 Å². The van der Waals surface area contributed by atoms with Crippen molar-refractivity contribution in [3.8, 4) is 0 Å². The molecule has 6 nitrogen and oxygen atoms in total. The molecule has 23 heavy (non-hydrogen) atoms. The van der Waals surface area contributed by atoms with E-state index in [4.69, 9.17) is 4.74 Å². The molecular formula is C17H36NO5+. The lowest BCUT2D eigenvalue weighted by molar-refractivity contribution is -0.942. The van der Waals surface area contributed by atoms with Crippen LogP contribution < -0.4 is 0 Å². The molecule has 0 aromatic heterocycles. The third kappa shape index (κ3) is 9.25. The van der Waals surface area contributed by atoms with Gasteiger partial charge < -0.3 is 24.5 Å². The number of hydrogen-bond donors (Lipinski definition) is 3. The monoisotopic (exact) mass is 334 g/mol. The summed E-state index contributed by atoms with van der Waals surface area (Å²) in [5, 5.41) is 27.8. The predicted octanol–water partition coefficient (Wildman–Crippen LogP) is 1.64. The van der Waals surface area contributed by atoms with E-state index in [2.05, 4.69) is 6.92 Å². The van der Waals surface area contributed by atoms with Gasteiger partial charge in [-0.3, -0.25) is 0 Å². The minimum atomic E-state index is -0.914. The van der Waals surface area contributed by atoms with Crippen molar-refractivity contribution < 1.29 is 29.3 Å². The molecule has 138 valence electrons. The summed E-state index contributed by atoms with van der Waals surface area (Å²) in [6.45, 7) is 5.88. The Hall–Kier alpha value is -0.690. The lowest BCUT2D eigenvalue weighted by atomic mass is 10.1. The maximum absolute atomic E-state index is 11.3. The molecule has 0 heterocycles. The van der Waals surface area contributed by atoms with Gasteiger partial charge in [-0.2, -0.15) is 0 Å². The van der Waals surface area contributed by atoms with Gasteiger partial charge >= 0.3 is 5.97 Å². The lowest BCUT2D eigenvalue weighted by Gasteiger charge is -2.40. The van der Waals surface area contributed by atoms with E-state index in [0.29, 0.717) is 32.8 Å². The normalized spacial score (nSPS) is 13.2. The second-order valence-corrected chi connectivity index (χ2v) is 6.23.